The largest absolute Gasteiger partial charge is 0.545 e. The lowest BCUT2D eigenvalue weighted by Crippen LogP contribution is -2.20. The molecule has 1 amide bonds. The minimum Gasteiger partial charge on any atom is -0.545 e. The highest BCUT2D eigenvalue weighted by molar-refractivity contribution is 7.15. The van der Waals surface area contributed by atoms with Crippen molar-refractivity contribution in [1.29, 1.82) is 0 Å². The lowest BCUT2D eigenvalue weighted by atomic mass is 9.97. The first kappa shape index (κ1) is 19.3. The third-order valence-corrected chi connectivity index (χ3v) is 4.85. The van der Waals surface area contributed by atoms with E-state index in [1.807, 2.05) is 42.5 Å². The van der Waals surface area contributed by atoms with Gasteiger partial charge in [0.25, 0.3) is 0 Å². The second-order valence-corrected chi connectivity index (χ2v) is 6.62. The Labute approximate surface area is 165 Å². The second kappa shape index (κ2) is 8.49. The highest BCUT2D eigenvalue weighted by Gasteiger charge is 2.23. The Morgan fingerprint density at radius 2 is 1.82 bits per heavy atom. The van der Waals surface area contributed by atoms with Crippen LogP contribution < -0.4 is 10.4 Å². The number of nitrogens with one attached hydrogen (secondary N) is 1. The topological polar surface area (TPSA) is 95.5 Å². The molecular formula is C21H16NO5S-. The quantitative estimate of drug-likeness (QED) is 0.512. The Morgan fingerprint density at radius 1 is 1.07 bits per heavy atom. The first-order valence-electron chi connectivity index (χ1n) is 8.48. The number of fused-ring (bicyclic) bond motifs is 1. The maximum Gasteiger partial charge on any atom is 0.341 e. The summed E-state index contributed by atoms with van der Waals surface area (Å²) in [5.74, 6) is -2.73. The predicted molar refractivity (Wildman–Crippen MR) is 106 cm³/mol. The van der Waals surface area contributed by atoms with E-state index in [4.69, 9.17) is 4.74 Å². The minimum atomic E-state index is -1.48. The minimum absolute atomic E-state index is 0.182. The molecule has 0 saturated carbocycles. The van der Waals surface area contributed by atoms with Crippen LogP contribution in [0.4, 0.5) is 5.00 Å². The van der Waals surface area contributed by atoms with Crippen LogP contribution in [0.15, 0.2) is 60.0 Å². The Kier molecular flexibility index (Phi) is 5.86. The van der Waals surface area contributed by atoms with Crippen LogP contribution in [-0.2, 0) is 14.3 Å². The molecule has 0 unspecified atom stereocenters. The number of aliphatic carboxylic acids is 1. The lowest BCUT2D eigenvalue weighted by molar-refractivity contribution is -0.297. The number of rotatable bonds is 6. The van der Waals surface area contributed by atoms with Crippen molar-refractivity contribution in [3.63, 3.8) is 0 Å². The number of ether oxygens (including phenoxy) is 1. The van der Waals surface area contributed by atoms with Crippen LogP contribution in [0.5, 0.6) is 0 Å². The molecule has 1 N–H and O–H groups in total. The summed E-state index contributed by atoms with van der Waals surface area (Å²) in [6.07, 6.45) is 1.46. The molecule has 1 aromatic heterocycles. The van der Waals surface area contributed by atoms with Crippen LogP contribution >= 0.6 is 11.3 Å². The van der Waals surface area contributed by atoms with Crippen molar-refractivity contribution in [3.8, 4) is 11.1 Å². The lowest BCUT2D eigenvalue weighted by Gasteiger charge is -2.10. The number of thiophene rings is 1. The first-order valence-corrected chi connectivity index (χ1v) is 9.36. The molecule has 3 rings (SSSR count). The van der Waals surface area contributed by atoms with E-state index in [1.165, 1.54) is 11.3 Å². The Bertz CT molecular complexity index is 1080. The molecule has 28 heavy (non-hydrogen) atoms. The Morgan fingerprint density at radius 3 is 2.57 bits per heavy atom. The van der Waals surface area contributed by atoms with E-state index in [1.54, 1.807) is 12.3 Å². The van der Waals surface area contributed by atoms with Crippen molar-refractivity contribution >= 4 is 45.0 Å². The molecule has 0 spiro atoms. The number of amides is 1. The van der Waals surface area contributed by atoms with Crippen molar-refractivity contribution in [2.75, 3.05) is 11.9 Å². The van der Waals surface area contributed by atoms with Gasteiger partial charge in [-0.2, -0.15) is 0 Å². The summed E-state index contributed by atoms with van der Waals surface area (Å²) in [7, 11) is 0. The number of anilines is 1. The maximum absolute atomic E-state index is 12.6. The maximum atomic E-state index is 12.6. The number of carboxylic acids is 1. The third-order valence-electron chi connectivity index (χ3n) is 3.96. The van der Waals surface area contributed by atoms with Gasteiger partial charge in [-0.05, 0) is 29.3 Å². The number of carbonyl (C=O) groups excluding carboxylic acids is 3. The molecule has 0 bridgehead atoms. The number of hydrogen-bond acceptors (Lipinski definition) is 6. The van der Waals surface area contributed by atoms with Crippen molar-refractivity contribution in [3.05, 3.63) is 65.6 Å². The molecule has 142 valence electrons. The van der Waals surface area contributed by atoms with E-state index in [0.717, 1.165) is 22.4 Å². The van der Waals surface area contributed by atoms with Gasteiger partial charge >= 0.3 is 5.97 Å². The van der Waals surface area contributed by atoms with Crippen LogP contribution in [0.2, 0.25) is 0 Å². The third kappa shape index (κ3) is 4.10. The second-order valence-electron chi connectivity index (χ2n) is 5.74. The number of carbonyl (C=O) groups is 3. The van der Waals surface area contributed by atoms with Crippen LogP contribution in [0.25, 0.3) is 21.9 Å². The molecule has 7 heteroatoms. The number of hydrogen-bond donors (Lipinski definition) is 1. The van der Waals surface area contributed by atoms with Crippen LogP contribution in [0.3, 0.4) is 0 Å². The molecule has 0 atom stereocenters. The smallest absolute Gasteiger partial charge is 0.341 e. The summed E-state index contributed by atoms with van der Waals surface area (Å²) in [4.78, 5) is 35.1. The van der Waals surface area contributed by atoms with Gasteiger partial charge in [-0.1, -0.05) is 42.5 Å². The number of benzene rings is 2. The van der Waals surface area contributed by atoms with Crippen LogP contribution in [-0.4, -0.2) is 24.5 Å². The fraction of sp³-hybridized carbons (Fsp3) is 0.0952. The van der Waals surface area contributed by atoms with Gasteiger partial charge in [0.1, 0.15) is 10.6 Å². The first-order chi connectivity index (χ1) is 13.5. The van der Waals surface area contributed by atoms with Crippen LogP contribution in [0, 0.1) is 0 Å². The summed E-state index contributed by atoms with van der Waals surface area (Å²) in [5, 5.41) is 17.1. The number of carboxylic acid groups (broad SMARTS) is 1. The van der Waals surface area contributed by atoms with E-state index in [9.17, 15) is 19.5 Å². The summed E-state index contributed by atoms with van der Waals surface area (Å²) in [6.45, 7) is 1.88. The monoisotopic (exact) mass is 394 g/mol. The van der Waals surface area contributed by atoms with E-state index >= 15 is 0 Å². The van der Waals surface area contributed by atoms with Gasteiger partial charge in [0.2, 0.25) is 5.91 Å². The zero-order valence-electron chi connectivity index (χ0n) is 14.9. The van der Waals surface area contributed by atoms with Gasteiger partial charge in [0.15, 0.2) is 0 Å². The van der Waals surface area contributed by atoms with Crippen molar-refractivity contribution in [2.45, 2.75) is 6.92 Å². The van der Waals surface area contributed by atoms with Crippen molar-refractivity contribution in [2.24, 2.45) is 0 Å². The van der Waals surface area contributed by atoms with Gasteiger partial charge < -0.3 is 20.0 Å². The average Bonchev–Trinajstić information content (AvgIpc) is 3.09. The highest BCUT2D eigenvalue weighted by Crippen LogP contribution is 2.39. The molecule has 3 aromatic rings. The van der Waals surface area contributed by atoms with Gasteiger partial charge in [0, 0.05) is 17.0 Å². The molecule has 1 heterocycles. The normalized spacial score (nSPS) is 10.9. The highest BCUT2D eigenvalue weighted by atomic mass is 32.1. The molecule has 0 saturated heterocycles. The van der Waals surface area contributed by atoms with Gasteiger partial charge in [-0.25, -0.2) is 4.79 Å². The molecule has 0 aliphatic carbocycles. The van der Waals surface area contributed by atoms with E-state index in [2.05, 4.69) is 5.32 Å². The summed E-state index contributed by atoms with van der Waals surface area (Å²) in [6, 6.07) is 13.5. The summed E-state index contributed by atoms with van der Waals surface area (Å²) >= 11 is 1.17. The molecule has 0 aliphatic heterocycles. The molecule has 0 fully saturated rings. The van der Waals surface area contributed by atoms with E-state index in [-0.39, 0.29) is 17.2 Å². The molecule has 2 aromatic carbocycles. The van der Waals surface area contributed by atoms with Gasteiger partial charge in [0.05, 0.1) is 12.6 Å². The summed E-state index contributed by atoms with van der Waals surface area (Å²) < 4.78 is 5.18. The Hall–Kier alpha value is -3.45. The predicted octanol–water partition coefficient (Wildman–Crippen LogP) is 2.99. The fourth-order valence-electron chi connectivity index (χ4n) is 2.81. The van der Waals surface area contributed by atoms with Crippen molar-refractivity contribution in [1.82, 2.24) is 0 Å². The zero-order chi connectivity index (χ0) is 20.1. The number of esters is 1. The zero-order valence-corrected chi connectivity index (χ0v) is 15.7. The Balaban J connectivity index is 2.09. The van der Waals surface area contributed by atoms with Gasteiger partial charge in [-0.15, -0.1) is 11.3 Å². The van der Waals surface area contributed by atoms with E-state index < -0.39 is 17.8 Å². The fourth-order valence-corrected chi connectivity index (χ4v) is 3.76. The van der Waals surface area contributed by atoms with Crippen LogP contribution in [0.1, 0.15) is 17.3 Å². The standard InChI is InChI=1S/C21H17NO5S/c1-2-27-21(26)19-16(12-28-20(19)22-17(23)10-11-18(24)25)15-9-5-7-13-6-3-4-8-14(13)15/h3-12H,2H2,1H3,(H,22,23)(H,24,25)/p-1/b11-10+. The molecule has 6 nitrogen and oxygen atoms in total. The van der Waals surface area contributed by atoms with Crippen molar-refractivity contribution < 1.29 is 24.2 Å². The van der Waals surface area contributed by atoms with Gasteiger partial charge in [-0.3, -0.25) is 4.79 Å². The molecule has 0 aliphatic rings. The summed E-state index contributed by atoms with van der Waals surface area (Å²) in [5.41, 5.74) is 1.71. The average molecular weight is 394 g/mol. The molecule has 0 radical (unpaired) electrons. The molecular weight excluding hydrogens is 378 g/mol. The SMILES string of the molecule is CCOC(=O)c1c(-c2cccc3ccccc23)csc1NC(=O)/C=C/C(=O)[O-]. The van der Waals surface area contributed by atoms with E-state index in [0.29, 0.717) is 11.6 Å².